The van der Waals surface area contributed by atoms with Crippen LogP contribution in [0.4, 0.5) is 5.69 Å². The van der Waals surface area contributed by atoms with E-state index in [0.29, 0.717) is 0 Å². The third-order valence-corrected chi connectivity index (χ3v) is 4.81. The lowest BCUT2D eigenvalue weighted by Crippen LogP contribution is -2.41. The van der Waals surface area contributed by atoms with Gasteiger partial charge in [0, 0.05) is 12.2 Å². The number of para-hydroxylation sites is 1. The summed E-state index contributed by atoms with van der Waals surface area (Å²) in [7, 11) is 3.33. The normalized spacial score (nSPS) is 16.3. The van der Waals surface area contributed by atoms with Gasteiger partial charge < -0.3 is 19.7 Å². The highest BCUT2D eigenvalue weighted by Crippen LogP contribution is 2.38. The zero-order valence-electron chi connectivity index (χ0n) is 14.2. The first kappa shape index (κ1) is 16.6. The fourth-order valence-electron chi connectivity index (χ4n) is 3.14. The van der Waals surface area contributed by atoms with E-state index in [4.69, 9.17) is 21.7 Å². The van der Waals surface area contributed by atoms with Crippen molar-refractivity contribution in [1.29, 1.82) is 0 Å². The van der Waals surface area contributed by atoms with Crippen LogP contribution in [0.2, 0.25) is 0 Å². The van der Waals surface area contributed by atoms with Gasteiger partial charge in [-0.25, -0.2) is 0 Å². The van der Waals surface area contributed by atoms with E-state index in [1.807, 2.05) is 30.3 Å². The number of ether oxygens (including phenoxy) is 2. The van der Waals surface area contributed by atoms with Crippen LogP contribution in [0.15, 0.2) is 42.5 Å². The molecule has 2 aromatic rings. The van der Waals surface area contributed by atoms with Gasteiger partial charge in [0.05, 0.1) is 20.3 Å². The Kier molecular flexibility index (Phi) is 4.90. The van der Waals surface area contributed by atoms with E-state index in [-0.39, 0.29) is 6.04 Å². The van der Waals surface area contributed by atoms with Crippen LogP contribution in [0, 0.1) is 0 Å². The van der Waals surface area contributed by atoms with Gasteiger partial charge in [0.15, 0.2) is 16.6 Å². The Bertz CT molecular complexity index is 734. The van der Waals surface area contributed by atoms with Crippen molar-refractivity contribution in [2.24, 2.45) is 0 Å². The van der Waals surface area contributed by atoms with E-state index in [1.165, 1.54) is 11.1 Å². The zero-order chi connectivity index (χ0) is 17.1. The summed E-state index contributed by atoms with van der Waals surface area (Å²) >= 11 is 5.63. The molecule has 1 aliphatic heterocycles. The lowest BCUT2D eigenvalue weighted by Gasteiger charge is -2.37. The van der Waals surface area contributed by atoms with Crippen LogP contribution < -0.4 is 14.8 Å². The molecule has 2 aromatic carbocycles. The zero-order valence-corrected chi connectivity index (χ0v) is 15.0. The van der Waals surface area contributed by atoms with E-state index in [1.54, 1.807) is 14.2 Å². The number of rotatable bonds is 3. The van der Waals surface area contributed by atoms with Gasteiger partial charge in [0.1, 0.15) is 0 Å². The maximum atomic E-state index is 5.63. The molecule has 0 amide bonds. The van der Waals surface area contributed by atoms with Gasteiger partial charge in [-0.15, -0.1) is 0 Å². The predicted octanol–water partition coefficient (Wildman–Crippen LogP) is 4.02. The lowest BCUT2D eigenvalue weighted by molar-refractivity contribution is 0.316. The van der Waals surface area contributed by atoms with Gasteiger partial charge in [0.25, 0.3) is 0 Å². The first-order valence-electron chi connectivity index (χ1n) is 8.01. The van der Waals surface area contributed by atoms with Crippen LogP contribution in [0.1, 0.15) is 24.1 Å². The number of methoxy groups -OCH3 is 2. The topological polar surface area (TPSA) is 33.7 Å². The standard InChI is InChI=1S/C19H22N2O2S/c1-13-16-12-18(23-3)17(22-2)11-14(16)9-10-21(13)19(24)20-15-7-5-4-6-8-15/h4-8,11-13H,9-10H2,1-3H3,(H,20,24). The minimum atomic E-state index is 0.178. The van der Waals surface area contributed by atoms with Gasteiger partial charge >= 0.3 is 0 Å². The number of hydrogen-bond donors (Lipinski definition) is 1. The highest BCUT2D eigenvalue weighted by Gasteiger charge is 2.27. The van der Waals surface area contributed by atoms with Crippen molar-refractivity contribution in [2.45, 2.75) is 19.4 Å². The molecule has 24 heavy (non-hydrogen) atoms. The number of thiocarbonyl (C=S) groups is 1. The maximum absolute atomic E-state index is 5.63. The van der Waals surface area contributed by atoms with Crippen molar-refractivity contribution in [1.82, 2.24) is 4.90 Å². The third-order valence-electron chi connectivity index (χ3n) is 4.47. The van der Waals surface area contributed by atoms with Gasteiger partial charge in [-0.3, -0.25) is 0 Å². The molecule has 1 unspecified atom stereocenters. The lowest BCUT2D eigenvalue weighted by atomic mass is 9.93. The fraction of sp³-hybridized carbons (Fsp3) is 0.316. The van der Waals surface area contributed by atoms with Gasteiger partial charge in [0.2, 0.25) is 0 Å². The van der Waals surface area contributed by atoms with Crippen molar-refractivity contribution in [3.63, 3.8) is 0 Å². The molecule has 4 nitrogen and oxygen atoms in total. The molecule has 1 N–H and O–H groups in total. The predicted molar refractivity (Wildman–Crippen MR) is 101 cm³/mol. The first-order chi connectivity index (χ1) is 11.6. The van der Waals surface area contributed by atoms with Gasteiger partial charge in [-0.05, 0) is 61.0 Å². The summed E-state index contributed by atoms with van der Waals surface area (Å²) in [6.45, 7) is 3.05. The molecule has 126 valence electrons. The number of benzene rings is 2. The highest BCUT2D eigenvalue weighted by molar-refractivity contribution is 7.80. The van der Waals surface area contributed by atoms with Crippen molar-refractivity contribution < 1.29 is 9.47 Å². The molecule has 0 radical (unpaired) electrons. The average Bonchev–Trinajstić information content (AvgIpc) is 2.61. The Morgan fingerprint density at radius 1 is 1.12 bits per heavy atom. The largest absolute Gasteiger partial charge is 0.493 e. The summed E-state index contributed by atoms with van der Waals surface area (Å²) in [5.41, 5.74) is 3.53. The van der Waals surface area contributed by atoms with Crippen molar-refractivity contribution in [3.05, 3.63) is 53.6 Å². The second-order valence-electron chi connectivity index (χ2n) is 5.82. The van der Waals surface area contributed by atoms with Crippen LogP contribution in [0.5, 0.6) is 11.5 Å². The van der Waals surface area contributed by atoms with E-state index >= 15 is 0 Å². The van der Waals surface area contributed by atoms with E-state index in [9.17, 15) is 0 Å². The second-order valence-corrected chi connectivity index (χ2v) is 6.21. The number of fused-ring (bicyclic) bond motifs is 1. The molecule has 1 aliphatic rings. The summed E-state index contributed by atoms with van der Waals surface area (Å²) < 4.78 is 10.9. The molecule has 0 bridgehead atoms. The Morgan fingerprint density at radius 2 is 1.79 bits per heavy atom. The molecular weight excluding hydrogens is 320 g/mol. The molecule has 0 spiro atoms. The molecule has 0 aromatic heterocycles. The Hall–Kier alpha value is -2.27. The smallest absolute Gasteiger partial charge is 0.173 e. The molecule has 0 aliphatic carbocycles. The van der Waals surface area contributed by atoms with Crippen LogP contribution in [-0.4, -0.2) is 30.8 Å². The molecular formula is C19H22N2O2S. The Balaban J connectivity index is 1.83. The molecule has 3 rings (SSSR count). The number of hydrogen-bond acceptors (Lipinski definition) is 3. The molecule has 0 saturated carbocycles. The minimum Gasteiger partial charge on any atom is -0.493 e. The fourth-order valence-corrected chi connectivity index (χ4v) is 3.51. The maximum Gasteiger partial charge on any atom is 0.173 e. The van der Waals surface area contributed by atoms with Crippen molar-refractivity contribution in [2.75, 3.05) is 26.1 Å². The highest BCUT2D eigenvalue weighted by atomic mass is 32.1. The van der Waals surface area contributed by atoms with Crippen LogP contribution in [0.25, 0.3) is 0 Å². The van der Waals surface area contributed by atoms with Gasteiger partial charge in [-0.2, -0.15) is 0 Å². The van der Waals surface area contributed by atoms with E-state index < -0.39 is 0 Å². The summed E-state index contributed by atoms with van der Waals surface area (Å²) in [4.78, 5) is 2.22. The SMILES string of the molecule is COc1cc2c(cc1OC)C(C)N(C(=S)Nc1ccccc1)CC2. The summed E-state index contributed by atoms with van der Waals surface area (Å²) in [5.74, 6) is 1.54. The van der Waals surface area contributed by atoms with E-state index in [2.05, 4.69) is 29.3 Å². The first-order valence-corrected chi connectivity index (χ1v) is 8.42. The number of nitrogens with zero attached hydrogens (tertiary/aromatic N) is 1. The third kappa shape index (κ3) is 3.17. The molecule has 0 fully saturated rings. The van der Waals surface area contributed by atoms with Crippen LogP contribution in [0.3, 0.4) is 0 Å². The van der Waals surface area contributed by atoms with E-state index in [0.717, 1.165) is 35.3 Å². The minimum absolute atomic E-state index is 0.178. The summed E-state index contributed by atoms with van der Waals surface area (Å²) in [6, 6.07) is 14.3. The number of nitrogens with one attached hydrogen (secondary N) is 1. The summed E-state index contributed by atoms with van der Waals surface area (Å²) in [5, 5.41) is 4.07. The van der Waals surface area contributed by atoms with Crippen LogP contribution in [-0.2, 0) is 6.42 Å². The van der Waals surface area contributed by atoms with Crippen LogP contribution >= 0.6 is 12.2 Å². The number of anilines is 1. The molecule has 5 heteroatoms. The summed E-state index contributed by atoms with van der Waals surface area (Å²) in [6.07, 6.45) is 0.927. The molecule has 0 saturated heterocycles. The molecule has 1 heterocycles. The molecule has 1 atom stereocenters. The second kappa shape index (κ2) is 7.09. The Labute approximate surface area is 148 Å². The monoisotopic (exact) mass is 342 g/mol. The quantitative estimate of drug-likeness (QED) is 0.852. The van der Waals surface area contributed by atoms with Gasteiger partial charge in [-0.1, -0.05) is 18.2 Å². The average molecular weight is 342 g/mol. The van der Waals surface area contributed by atoms with Crippen molar-refractivity contribution in [3.8, 4) is 11.5 Å². The van der Waals surface area contributed by atoms with Crippen molar-refractivity contribution >= 4 is 23.0 Å². The Morgan fingerprint density at radius 3 is 2.46 bits per heavy atom.